The SMILES string of the molecule is COc1cc(C2C(C#N)=C(N)Oc3c2ccc2c3ccn2C)cc(Br)c1OC(C)=O. The molecule has 0 saturated carbocycles. The largest absolute Gasteiger partial charge is 0.493 e. The van der Waals surface area contributed by atoms with Crippen LogP contribution < -0.4 is 19.9 Å². The quantitative estimate of drug-likeness (QED) is 0.459. The van der Waals surface area contributed by atoms with Crippen LogP contribution in [0.15, 0.2) is 52.5 Å². The smallest absolute Gasteiger partial charge is 0.308 e. The van der Waals surface area contributed by atoms with Crippen molar-refractivity contribution < 1.29 is 19.0 Å². The summed E-state index contributed by atoms with van der Waals surface area (Å²) in [4.78, 5) is 11.5. The Balaban J connectivity index is 1.96. The summed E-state index contributed by atoms with van der Waals surface area (Å²) in [5.74, 6) is 0.375. The normalized spacial score (nSPS) is 15.4. The number of methoxy groups -OCH3 is 1. The molecule has 0 amide bonds. The van der Waals surface area contributed by atoms with E-state index in [2.05, 4.69) is 22.0 Å². The number of hydrogen-bond donors (Lipinski definition) is 1. The van der Waals surface area contributed by atoms with Crippen LogP contribution in [-0.2, 0) is 11.8 Å². The lowest BCUT2D eigenvalue weighted by molar-refractivity contribution is -0.132. The van der Waals surface area contributed by atoms with Crippen LogP contribution in [0.4, 0.5) is 0 Å². The predicted molar refractivity (Wildman–Crippen MR) is 114 cm³/mol. The number of rotatable bonds is 3. The standard InChI is InChI=1S/C22H18BrN3O4/c1-11(27)29-21-16(23)8-12(9-18(21)28-3)19-14-4-5-17-13(6-7-26(17)2)20(14)30-22(25)15(19)10-24/h4-9,19H,25H2,1-3H3. The van der Waals surface area contributed by atoms with Gasteiger partial charge in [0.05, 0.1) is 23.0 Å². The summed E-state index contributed by atoms with van der Waals surface area (Å²) in [5.41, 5.74) is 9.00. The van der Waals surface area contributed by atoms with Crippen LogP contribution in [0.5, 0.6) is 17.2 Å². The molecule has 0 saturated heterocycles. The Labute approximate surface area is 181 Å². The molecule has 1 aliphatic rings. The molecule has 0 aliphatic carbocycles. The van der Waals surface area contributed by atoms with Crippen LogP contribution in [0, 0.1) is 11.3 Å². The number of aryl methyl sites for hydroxylation is 1. The number of ether oxygens (including phenoxy) is 3. The average molecular weight is 468 g/mol. The lowest BCUT2D eigenvalue weighted by atomic mass is 9.83. The van der Waals surface area contributed by atoms with Gasteiger partial charge in [0.2, 0.25) is 5.88 Å². The van der Waals surface area contributed by atoms with Crippen LogP contribution in [0.3, 0.4) is 0 Å². The van der Waals surface area contributed by atoms with Crippen LogP contribution in [0.25, 0.3) is 10.9 Å². The molecule has 0 bridgehead atoms. The maximum absolute atomic E-state index is 11.5. The maximum atomic E-state index is 11.5. The van der Waals surface area contributed by atoms with Gasteiger partial charge in [-0.1, -0.05) is 6.07 Å². The number of fused-ring (bicyclic) bond motifs is 3. The molecule has 0 fully saturated rings. The highest BCUT2D eigenvalue weighted by Gasteiger charge is 2.33. The van der Waals surface area contributed by atoms with E-state index < -0.39 is 11.9 Å². The van der Waals surface area contributed by atoms with Crippen LogP contribution in [0.2, 0.25) is 0 Å². The monoisotopic (exact) mass is 467 g/mol. The first-order chi connectivity index (χ1) is 14.3. The fourth-order valence-electron chi connectivity index (χ4n) is 3.76. The summed E-state index contributed by atoms with van der Waals surface area (Å²) >= 11 is 3.45. The van der Waals surface area contributed by atoms with Crippen molar-refractivity contribution in [1.29, 1.82) is 5.26 Å². The lowest BCUT2D eigenvalue weighted by Gasteiger charge is -2.27. The van der Waals surface area contributed by atoms with E-state index in [0.29, 0.717) is 21.5 Å². The number of carbonyl (C=O) groups excluding carboxylic acids is 1. The number of halogens is 1. The van der Waals surface area contributed by atoms with Crippen molar-refractivity contribution in [2.24, 2.45) is 12.8 Å². The van der Waals surface area contributed by atoms with Crippen LogP contribution in [-0.4, -0.2) is 17.6 Å². The molecule has 8 heteroatoms. The van der Waals surface area contributed by atoms with E-state index in [1.54, 1.807) is 12.1 Å². The van der Waals surface area contributed by atoms with Crippen molar-refractivity contribution in [2.75, 3.05) is 7.11 Å². The van der Waals surface area contributed by atoms with Gasteiger partial charge in [0, 0.05) is 31.1 Å². The highest BCUT2D eigenvalue weighted by molar-refractivity contribution is 9.10. The molecule has 1 aliphatic heterocycles. The fourth-order valence-corrected chi connectivity index (χ4v) is 4.30. The fraction of sp³-hybridized carbons (Fsp3) is 0.182. The molecule has 7 nitrogen and oxygen atoms in total. The number of allylic oxidation sites excluding steroid dienone is 1. The molecule has 2 heterocycles. The van der Waals surface area contributed by atoms with Crippen molar-refractivity contribution in [3.8, 4) is 23.3 Å². The van der Waals surface area contributed by atoms with Gasteiger partial charge < -0.3 is 24.5 Å². The van der Waals surface area contributed by atoms with Gasteiger partial charge in [-0.05, 0) is 45.8 Å². The molecule has 2 N–H and O–H groups in total. The van der Waals surface area contributed by atoms with E-state index in [1.165, 1.54) is 14.0 Å². The molecular weight excluding hydrogens is 450 g/mol. The van der Waals surface area contributed by atoms with E-state index in [0.717, 1.165) is 22.0 Å². The number of nitrogens with two attached hydrogens (primary N) is 1. The van der Waals surface area contributed by atoms with E-state index in [-0.39, 0.29) is 11.6 Å². The van der Waals surface area contributed by atoms with Crippen molar-refractivity contribution in [2.45, 2.75) is 12.8 Å². The Hall–Kier alpha value is -3.44. The topological polar surface area (TPSA) is 99.5 Å². The van der Waals surface area contributed by atoms with Gasteiger partial charge in [-0.3, -0.25) is 4.79 Å². The van der Waals surface area contributed by atoms with E-state index in [9.17, 15) is 10.1 Å². The maximum Gasteiger partial charge on any atom is 0.308 e. The lowest BCUT2D eigenvalue weighted by Crippen LogP contribution is -2.21. The van der Waals surface area contributed by atoms with E-state index in [1.807, 2.05) is 36.0 Å². The number of benzene rings is 2. The second kappa shape index (κ2) is 7.43. The zero-order valence-electron chi connectivity index (χ0n) is 16.5. The van der Waals surface area contributed by atoms with Gasteiger partial charge in [-0.2, -0.15) is 5.26 Å². The second-order valence-electron chi connectivity index (χ2n) is 6.90. The molecule has 1 atom stereocenters. The number of nitrogens with zero attached hydrogens (tertiary/aromatic N) is 2. The number of esters is 1. The first kappa shape index (κ1) is 19.9. The van der Waals surface area contributed by atoms with Gasteiger partial charge in [-0.15, -0.1) is 0 Å². The molecular formula is C22H18BrN3O4. The minimum absolute atomic E-state index is 0.0607. The number of carbonyl (C=O) groups is 1. The summed E-state index contributed by atoms with van der Waals surface area (Å²) in [6.45, 7) is 1.32. The van der Waals surface area contributed by atoms with Crippen LogP contribution >= 0.6 is 15.9 Å². The zero-order chi connectivity index (χ0) is 21.6. The third-order valence-corrected chi connectivity index (χ3v) is 5.67. The van der Waals surface area contributed by atoms with Gasteiger partial charge in [0.1, 0.15) is 17.4 Å². The highest BCUT2D eigenvalue weighted by atomic mass is 79.9. The molecule has 4 rings (SSSR count). The molecule has 3 aromatic rings. The van der Waals surface area contributed by atoms with Crippen molar-refractivity contribution >= 4 is 32.8 Å². The summed E-state index contributed by atoms with van der Waals surface area (Å²) in [6, 6.07) is 11.6. The second-order valence-corrected chi connectivity index (χ2v) is 7.75. The highest BCUT2D eigenvalue weighted by Crippen LogP contribution is 2.48. The van der Waals surface area contributed by atoms with E-state index >= 15 is 0 Å². The molecule has 2 aromatic carbocycles. The zero-order valence-corrected chi connectivity index (χ0v) is 18.1. The first-order valence-corrected chi connectivity index (χ1v) is 9.86. The number of hydrogen-bond acceptors (Lipinski definition) is 6. The third kappa shape index (κ3) is 3.08. The summed E-state index contributed by atoms with van der Waals surface area (Å²) in [7, 11) is 3.43. The van der Waals surface area contributed by atoms with E-state index in [4.69, 9.17) is 19.9 Å². The molecule has 1 aromatic heterocycles. The molecule has 1 unspecified atom stereocenters. The third-order valence-electron chi connectivity index (χ3n) is 5.08. The Morgan fingerprint density at radius 1 is 1.33 bits per heavy atom. The molecule has 30 heavy (non-hydrogen) atoms. The molecule has 152 valence electrons. The molecule has 0 radical (unpaired) electrons. The Morgan fingerprint density at radius 3 is 2.77 bits per heavy atom. The number of nitriles is 1. The number of aromatic nitrogens is 1. The minimum Gasteiger partial charge on any atom is -0.493 e. The summed E-state index contributed by atoms with van der Waals surface area (Å²) < 4.78 is 19.1. The Kier molecular flexibility index (Phi) is 4.92. The van der Waals surface area contributed by atoms with Gasteiger partial charge in [-0.25, -0.2) is 0 Å². The molecule has 0 spiro atoms. The van der Waals surface area contributed by atoms with Gasteiger partial charge in [0.25, 0.3) is 0 Å². The first-order valence-electron chi connectivity index (χ1n) is 9.07. The van der Waals surface area contributed by atoms with Crippen LogP contribution in [0.1, 0.15) is 24.0 Å². The van der Waals surface area contributed by atoms with Crippen molar-refractivity contribution in [3.05, 3.63) is 63.6 Å². The summed E-state index contributed by atoms with van der Waals surface area (Å²) in [6.07, 6.45) is 1.94. The van der Waals surface area contributed by atoms with Crippen molar-refractivity contribution in [1.82, 2.24) is 4.57 Å². The predicted octanol–water partition coefficient (Wildman–Crippen LogP) is 4.09. The minimum atomic E-state index is -0.472. The van der Waals surface area contributed by atoms with Crippen molar-refractivity contribution in [3.63, 3.8) is 0 Å². The van der Waals surface area contributed by atoms with Gasteiger partial charge >= 0.3 is 5.97 Å². The Morgan fingerprint density at radius 2 is 2.10 bits per heavy atom. The van der Waals surface area contributed by atoms with Gasteiger partial charge in [0.15, 0.2) is 11.5 Å². The Bertz CT molecular complexity index is 1270. The average Bonchev–Trinajstić information content (AvgIpc) is 3.09. The summed E-state index contributed by atoms with van der Waals surface area (Å²) in [5, 5.41) is 10.7.